The van der Waals surface area contributed by atoms with Crippen molar-refractivity contribution in [1.29, 1.82) is 0 Å². The van der Waals surface area contributed by atoms with Gasteiger partial charge in [0.15, 0.2) is 5.13 Å². The van der Waals surface area contributed by atoms with Gasteiger partial charge in [-0.2, -0.15) is 9.49 Å². The lowest BCUT2D eigenvalue weighted by Crippen LogP contribution is -2.17. The first-order valence-corrected chi connectivity index (χ1v) is 5.85. The van der Waals surface area contributed by atoms with Crippen molar-refractivity contribution in [2.45, 2.75) is 0 Å². The van der Waals surface area contributed by atoms with Crippen molar-refractivity contribution < 1.29 is 14.3 Å². The quantitative estimate of drug-likeness (QED) is 0.660. The molecule has 92 valence electrons. The molecule has 0 saturated carbocycles. The molecule has 0 fully saturated rings. The number of phenolic OH excluding ortho intramolecular Hbond substituents is 1. The van der Waals surface area contributed by atoms with Crippen LogP contribution in [0, 0.1) is 5.13 Å². The molecule has 0 saturated heterocycles. The lowest BCUT2D eigenvalue weighted by atomic mass is 10.2. The topological polar surface area (TPSA) is 61.7 Å². The highest BCUT2D eigenvalue weighted by molar-refractivity contribution is 7.12. The highest BCUT2D eigenvalue weighted by Crippen LogP contribution is 2.15. The van der Waals surface area contributed by atoms with Crippen LogP contribution in [0.4, 0.5) is 4.39 Å². The fourth-order valence-corrected chi connectivity index (χ4v) is 1.88. The maximum absolute atomic E-state index is 12.7. The van der Waals surface area contributed by atoms with Crippen molar-refractivity contribution in [3.05, 3.63) is 52.0 Å². The summed E-state index contributed by atoms with van der Waals surface area (Å²) in [7, 11) is 0. The molecule has 0 atom stereocenters. The van der Waals surface area contributed by atoms with Crippen LogP contribution in [0.3, 0.4) is 0 Å². The highest BCUT2D eigenvalue weighted by Gasteiger charge is 2.08. The molecule has 0 spiro atoms. The van der Waals surface area contributed by atoms with Gasteiger partial charge in [0.25, 0.3) is 5.91 Å². The van der Waals surface area contributed by atoms with Crippen molar-refractivity contribution in [3.63, 3.8) is 0 Å². The first-order chi connectivity index (χ1) is 8.66. The Morgan fingerprint density at radius 3 is 2.78 bits per heavy atom. The third kappa shape index (κ3) is 2.92. The van der Waals surface area contributed by atoms with Gasteiger partial charge in [-0.1, -0.05) is 12.1 Å². The summed E-state index contributed by atoms with van der Waals surface area (Å²) >= 11 is 0.922. The molecule has 0 radical (unpaired) electrons. The Bertz CT molecular complexity index is 595. The van der Waals surface area contributed by atoms with Crippen LogP contribution in [-0.4, -0.2) is 17.2 Å². The van der Waals surface area contributed by atoms with E-state index < -0.39 is 5.91 Å². The van der Waals surface area contributed by atoms with Crippen molar-refractivity contribution >= 4 is 23.5 Å². The van der Waals surface area contributed by atoms with E-state index in [2.05, 4.69) is 10.5 Å². The number of phenols is 1. The van der Waals surface area contributed by atoms with Crippen LogP contribution in [0.15, 0.2) is 41.5 Å². The number of hydrogen-bond donors (Lipinski definition) is 2. The maximum Gasteiger partial charge on any atom is 0.275 e. The Labute approximate surface area is 106 Å². The Balaban J connectivity index is 2.01. The molecule has 0 unspecified atom stereocenters. The maximum atomic E-state index is 12.7. The van der Waals surface area contributed by atoms with E-state index in [0.717, 1.165) is 11.3 Å². The number of amides is 1. The molecule has 0 aliphatic heterocycles. The van der Waals surface area contributed by atoms with Gasteiger partial charge < -0.3 is 5.11 Å². The summed E-state index contributed by atoms with van der Waals surface area (Å²) in [5.74, 6) is -0.645. The first-order valence-electron chi connectivity index (χ1n) is 5.03. The second-order valence-corrected chi connectivity index (χ2v) is 4.42. The summed E-state index contributed by atoms with van der Waals surface area (Å²) in [6.07, 6.45) is 1.34. The van der Waals surface area contributed by atoms with E-state index in [-0.39, 0.29) is 16.4 Å². The second kappa shape index (κ2) is 5.42. The number of hydrogen-bond acceptors (Lipinski definition) is 4. The molecule has 2 aromatic rings. The monoisotopic (exact) mass is 264 g/mol. The molecule has 1 heterocycles. The van der Waals surface area contributed by atoms with Crippen LogP contribution in [0.1, 0.15) is 15.2 Å². The van der Waals surface area contributed by atoms with Gasteiger partial charge in [0.2, 0.25) is 0 Å². The van der Waals surface area contributed by atoms with Gasteiger partial charge >= 0.3 is 0 Å². The third-order valence-electron chi connectivity index (χ3n) is 2.10. The molecule has 1 aromatic carbocycles. The number of benzene rings is 1. The van der Waals surface area contributed by atoms with E-state index in [9.17, 15) is 14.3 Å². The normalized spacial score (nSPS) is 10.7. The third-order valence-corrected chi connectivity index (χ3v) is 2.91. The predicted octanol–water partition coefficient (Wildman–Crippen LogP) is 2.36. The van der Waals surface area contributed by atoms with Gasteiger partial charge in [-0.05, 0) is 24.3 Å². The van der Waals surface area contributed by atoms with E-state index in [1.165, 1.54) is 24.4 Å². The van der Waals surface area contributed by atoms with Crippen LogP contribution in [-0.2, 0) is 0 Å². The number of carbonyl (C=O) groups excluding carboxylic acids is 1. The Hall–Kier alpha value is -2.21. The summed E-state index contributed by atoms with van der Waals surface area (Å²) in [4.78, 5) is 12.2. The summed E-state index contributed by atoms with van der Waals surface area (Å²) in [6, 6.07) is 9.00. The summed E-state index contributed by atoms with van der Waals surface area (Å²) < 4.78 is 12.7. The molecule has 0 aliphatic rings. The van der Waals surface area contributed by atoms with Crippen molar-refractivity contribution in [3.8, 4) is 5.75 Å². The summed E-state index contributed by atoms with van der Waals surface area (Å²) in [5, 5.41) is 12.8. The molecule has 2 N–H and O–H groups in total. The molecule has 4 nitrogen and oxygen atoms in total. The SMILES string of the molecule is O=C(NN=Cc1ccc(F)s1)c1ccccc1O. The van der Waals surface area contributed by atoms with E-state index in [1.54, 1.807) is 18.2 Å². The van der Waals surface area contributed by atoms with Crippen LogP contribution < -0.4 is 5.43 Å². The molecule has 0 aliphatic carbocycles. The number of nitrogens with zero attached hydrogens (tertiary/aromatic N) is 1. The van der Waals surface area contributed by atoms with Crippen molar-refractivity contribution in [2.75, 3.05) is 0 Å². The van der Waals surface area contributed by atoms with Crippen molar-refractivity contribution in [2.24, 2.45) is 5.10 Å². The Kier molecular flexibility index (Phi) is 3.69. The van der Waals surface area contributed by atoms with Gasteiger partial charge in [-0.3, -0.25) is 4.79 Å². The minimum absolute atomic E-state index is 0.118. The minimum Gasteiger partial charge on any atom is -0.507 e. The fourth-order valence-electron chi connectivity index (χ4n) is 1.28. The zero-order valence-corrected chi connectivity index (χ0v) is 9.95. The van der Waals surface area contributed by atoms with E-state index >= 15 is 0 Å². The number of para-hydroxylation sites is 1. The number of halogens is 1. The van der Waals surface area contributed by atoms with Gasteiger partial charge in [0.1, 0.15) is 5.75 Å². The molecule has 18 heavy (non-hydrogen) atoms. The van der Waals surface area contributed by atoms with Gasteiger partial charge in [0, 0.05) is 0 Å². The molecular formula is C12H9FN2O2S. The minimum atomic E-state index is -0.527. The number of carbonyl (C=O) groups is 1. The highest BCUT2D eigenvalue weighted by atomic mass is 32.1. The molecular weight excluding hydrogens is 255 g/mol. The van der Waals surface area contributed by atoms with E-state index in [0.29, 0.717) is 4.88 Å². The van der Waals surface area contributed by atoms with Crippen LogP contribution >= 0.6 is 11.3 Å². The van der Waals surface area contributed by atoms with Crippen LogP contribution in [0.25, 0.3) is 0 Å². The lowest BCUT2D eigenvalue weighted by molar-refractivity contribution is 0.0952. The average Bonchev–Trinajstić information content (AvgIpc) is 2.75. The molecule has 1 amide bonds. The van der Waals surface area contributed by atoms with Gasteiger partial charge in [-0.25, -0.2) is 5.43 Å². The van der Waals surface area contributed by atoms with Gasteiger partial charge in [-0.15, -0.1) is 11.3 Å². The fraction of sp³-hybridized carbons (Fsp3) is 0. The number of nitrogens with one attached hydrogen (secondary N) is 1. The number of hydrazone groups is 1. The predicted molar refractivity (Wildman–Crippen MR) is 67.4 cm³/mol. The Morgan fingerprint density at radius 2 is 2.11 bits per heavy atom. The van der Waals surface area contributed by atoms with Crippen LogP contribution in [0.5, 0.6) is 5.75 Å². The smallest absolute Gasteiger partial charge is 0.275 e. The van der Waals surface area contributed by atoms with E-state index in [1.807, 2.05) is 0 Å². The zero-order chi connectivity index (χ0) is 13.0. The van der Waals surface area contributed by atoms with Crippen molar-refractivity contribution in [1.82, 2.24) is 5.43 Å². The second-order valence-electron chi connectivity index (χ2n) is 3.36. The molecule has 1 aromatic heterocycles. The zero-order valence-electron chi connectivity index (χ0n) is 9.13. The summed E-state index contributed by atoms with van der Waals surface area (Å²) in [6.45, 7) is 0. The number of rotatable bonds is 3. The number of thiophene rings is 1. The molecule has 6 heteroatoms. The number of aromatic hydroxyl groups is 1. The summed E-state index contributed by atoms with van der Waals surface area (Å²) in [5.41, 5.74) is 2.38. The molecule has 2 rings (SSSR count). The standard InChI is InChI=1S/C12H9FN2O2S/c13-11-6-5-8(18-11)7-14-15-12(17)9-3-1-2-4-10(9)16/h1-7,16H,(H,15,17). The largest absolute Gasteiger partial charge is 0.507 e. The molecule has 0 bridgehead atoms. The van der Waals surface area contributed by atoms with Gasteiger partial charge in [0.05, 0.1) is 16.7 Å². The average molecular weight is 264 g/mol. The van der Waals surface area contributed by atoms with Crippen LogP contribution in [0.2, 0.25) is 0 Å². The first kappa shape index (κ1) is 12.3. The van der Waals surface area contributed by atoms with E-state index in [4.69, 9.17) is 0 Å². The Morgan fingerprint density at radius 1 is 1.33 bits per heavy atom. The lowest BCUT2D eigenvalue weighted by Gasteiger charge is -2.01.